The molecule has 128 valence electrons. The van der Waals surface area contributed by atoms with Gasteiger partial charge >= 0.3 is 0 Å². The predicted octanol–water partition coefficient (Wildman–Crippen LogP) is 3.57. The molecule has 3 aromatic rings. The molecule has 7 heteroatoms. The van der Waals surface area contributed by atoms with E-state index in [-0.39, 0.29) is 22.9 Å². The van der Waals surface area contributed by atoms with Gasteiger partial charge in [0.25, 0.3) is 0 Å². The zero-order valence-corrected chi connectivity index (χ0v) is 13.3. The van der Waals surface area contributed by atoms with E-state index in [1.54, 1.807) is 0 Å². The van der Waals surface area contributed by atoms with Crippen molar-refractivity contribution in [2.45, 2.75) is 5.92 Å². The fraction of sp³-hybridized carbons (Fsp3) is 0.0526. The van der Waals surface area contributed by atoms with Crippen LogP contribution in [0.15, 0.2) is 60.0 Å². The lowest BCUT2D eigenvalue weighted by atomic mass is 9.82. The molecule has 0 bridgehead atoms. The normalized spacial score (nSPS) is 16.0. The van der Waals surface area contributed by atoms with Crippen LogP contribution in [0.4, 0.5) is 8.78 Å². The van der Waals surface area contributed by atoms with Crippen molar-refractivity contribution in [3.8, 4) is 23.2 Å². The molecule has 0 amide bonds. The van der Waals surface area contributed by atoms with Crippen molar-refractivity contribution in [2.24, 2.45) is 5.73 Å². The van der Waals surface area contributed by atoms with E-state index in [2.05, 4.69) is 10.2 Å². The number of nitrogens with two attached hydrogens (primary N) is 1. The highest BCUT2D eigenvalue weighted by Crippen LogP contribution is 2.46. The molecule has 0 radical (unpaired) electrons. The van der Waals surface area contributed by atoms with Gasteiger partial charge in [-0.2, -0.15) is 5.26 Å². The van der Waals surface area contributed by atoms with Crippen molar-refractivity contribution in [3.63, 3.8) is 0 Å². The summed E-state index contributed by atoms with van der Waals surface area (Å²) < 4.78 is 34.5. The van der Waals surface area contributed by atoms with Gasteiger partial charge in [-0.15, -0.1) is 5.10 Å². The molecule has 3 N–H and O–H groups in total. The van der Waals surface area contributed by atoms with Crippen molar-refractivity contribution in [3.05, 3.63) is 82.7 Å². The third-order valence-corrected chi connectivity index (χ3v) is 4.29. The molecule has 1 aliphatic rings. The number of fused-ring (bicyclic) bond motifs is 1. The lowest BCUT2D eigenvalue weighted by Gasteiger charge is -2.24. The molecule has 1 atom stereocenters. The molecule has 2 heterocycles. The second kappa shape index (κ2) is 6.01. The van der Waals surface area contributed by atoms with Crippen LogP contribution in [0.5, 0.6) is 5.88 Å². The SMILES string of the molecule is N#CC1=C(N)Oc2n[nH]c(-c3ccccc3)c2[C@H]1c1c(F)cccc1F. The van der Waals surface area contributed by atoms with Gasteiger partial charge in [-0.1, -0.05) is 36.4 Å². The zero-order valence-electron chi connectivity index (χ0n) is 13.3. The van der Waals surface area contributed by atoms with Gasteiger partial charge in [-0.05, 0) is 17.7 Å². The Hall–Kier alpha value is -3.66. The number of nitriles is 1. The summed E-state index contributed by atoms with van der Waals surface area (Å²) >= 11 is 0. The maximum absolute atomic E-state index is 14.5. The van der Waals surface area contributed by atoms with E-state index in [4.69, 9.17) is 10.5 Å². The Balaban J connectivity index is 2.02. The lowest BCUT2D eigenvalue weighted by molar-refractivity contribution is 0.376. The Bertz CT molecular complexity index is 1050. The van der Waals surface area contributed by atoms with E-state index in [0.717, 1.165) is 17.7 Å². The first-order valence-corrected chi connectivity index (χ1v) is 7.77. The second-order valence-corrected chi connectivity index (χ2v) is 5.74. The first-order chi connectivity index (χ1) is 12.6. The number of aromatic amines is 1. The molecule has 0 fully saturated rings. The van der Waals surface area contributed by atoms with E-state index in [1.807, 2.05) is 36.4 Å². The van der Waals surface area contributed by atoms with Crippen LogP contribution in [0.1, 0.15) is 17.0 Å². The summed E-state index contributed by atoms with van der Waals surface area (Å²) in [5.41, 5.74) is 7.09. The molecule has 0 spiro atoms. The molecule has 5 nitrogen and oxygen atoms in total. The van der Waals surface area contributed by atoms with Crippen LogP contribution in [-0.2, 0) is 0 Å². The van der Waals surface area contributed by atoms with Crippen LogP contribution >= 0.6 is 0 Å². The number of H-pyrrole nitrogens is 1. The first kappa shape index (κ1) is 15.8. The smallest absolute Gasteiger partial charge is 0.244 e. The molecule has 26 heavy (non-hydrogen) atoms. The van der Waals surface area contributed by atoms with Crippen LogP contribution in [0.2, 0.25) is 0 Å². The number of ether oxygens (including phenoxy) is 1. The average Bonchev–Trinajstić information content (AvgIpc) is 3.05. The van der Waals surface area contributed by atoms with Crippen LogP contribution in [-0.4, -0.2) is 10.2 Å². The molecular formula is C19H12F2N4O. The molecule has 2 aromatic carbocycles. The van der Waals surface area contributed by atoms with Gasteiger partial charge in [-0.25, -0.2) is 8.78 Å². The van der Waals surface area contributed by atoms with Crippen LogP contribution in [0, 0.1) is 23.0 Å². The van der Waals surface area contributed by atoms with Gasteiger partial charge in [0.15, 0.2) is 0 Å². The minimum atomic E-state index is -1.07. The molecule has 4 rings (SSSR count). The predicted molar refractivity (Wildman–Crippen MR) is 89.7 cm³/mol. The number of nitrogens with zero attached hydrogens (tertiary/aromatic N) is 2. The Labute approximate surface area is 147 Å². The molecular weight excluding hydrogens is 338 g/mol. The molecule has 0 unspecified atom stereocenters. The third kappa shape index (κ3) is 2.31. The fourth-order valence-electron chi connectivity index (χ4n) is 3.15. The maximum atomic E-state index is 14.5. The highest BCUT2D eigenvalue weighted by molar-refractivity contribution is 5.70. The summed E-state index contributed by atoms with van der Waals surface area (Å²) in [5.74, 6) is -2.75. The Morgan fingerprint density at radius 2 is 1.73 bits per heavy atom. The second-order valence-electron chi connectivity index (χ2n) is 5.74. The van der Waals surface area contributed by atoms with E-state index in [9.17, 15) is 14.0 Å². The van der Waals surface area contributed by atoms with E-state index < -0.39 is 17.6 Å². The quantitative estimate of drug-likeness (QED) is 0.739. The van der Waals surface area contributed by atoms with Crippen LogP contribution in [0.3, 0.4) is 0 Å². The summed E-state index contributed by atoms with van der Waals surface area (Å²) in [6.07, 6.45) is 0. The fourth-order valence-corrected chi connectivity index (χ4v) is 3.15. The van der Waals surface area contributed by atoms with Crippen molar-refractivity contribution in [1.29, 1.82) is 5.26 Å². The molecule has 0 aliphatic carbocycles. The van der Waals surface area contributed by atoms with Gasteiger partial charge in [-0.3, -0.25) is 5.10 Å². The van der Waals surface area contributed by atoms with E-state index >= 15 is 0 Å². The maximum Gasteiger partial charge on any atom is 0.244 e. The van der Waals surface area contributed by atoms with Crippen molar-refractivity contribution in [2.75, 3.05) is 0 Å². The molecule has 0 saturated heterocycles. The van der Waals surface area contributed by atoms with Crippen molar-refractivity contribution >= 4 is 0 Å². The largest absolute Gasteiger partial charge is 0.420 e. The minimum Gasteiger partial charge on any atom is -0.420 e. The number of allylic oxidation sites excluding steroid dienone is 1. The van der Waals surface area contributed by atoms with Gasteiger partial charge in [0.1, 0.15) is 23.3 Å². The van der Waals surface area contributed by atoms with Crippen molar-refractivity contribution < 1.29 is 13.5 Å². The van der Waals surface area contributed by atoms with Gasteiger partial charge in [0.05, 0.1) is 17.2 Å². The molecule has 0 saturated carbocycles. The summed E-state index contributed by atoms with van der Waals surface area (Å²) in [4.78, 5) is 0. The van der Waals surface area contributed by atoms with E-state index in [0.29, 0.717) is 11.3 Å². The summed E-state index contributed by atoms with van der Waals surface area (Å²) in [6, 6.07) is 14.6. The third-order valence-electron chi connectivity index (χ3n) is 4.29. The molecule has 1 aromatic heterocycles. The number of nitrogens with one attached hydrogen (secondary N) is 1. The number of hydrogen-bond acceptors (Lipinski definition) is 4. The van der Waals surface area contributed by atoms with Crippen LogP contribution in [0.25, 0.3) is 11.3 Å². The average molecular weight is 350 g/mol. The summed E-state index contributed by atoms with van der Waals surface area (Å²) in [6.45, 7) is 0. The Morgan fingerprint density at radius 3 is 2.38 bits per heavy atom. The zero-order chi connectivity index (χ0) is 18.3. The van der Waals surface area contributed by atoms with Crippen LogP contribution < -0.4 is 10.5 Å². The molecule has 1 aliphatic heterocycles. The van der Waals surface area contributed by atoms with Gasteiger partial charge in [0.2, 0.25) is 11.8 Å². The van der Waals surface area contributed by atoms with Gasteiger partial charge in [0, 0.05) is 5.56 Å². The Kier molecular flexibility index (Phi) is 3.66. The first-order valence-electron chi connectivity index (χ1n) is 7.77. The minimum absolute atomic E-state index is 0.0694. The number of rotatable bonds is 2. The standard InChI is InChI=1S/C19H12F2N4O/c20-12-7-4-8-13(21)15(12)14-11(9-22)18(23)26-19-16(14)17(24-25-19)10-5-2-1-3-6-10/h1-8,14H,23H2,(H,24,25)/t14-/m1/s1. The van der Waals surface area contributed by atoms with E-state index in [1.165, 1.54) is 6.07 Å². The lowest BCUT2D eigenvalue weighted by Crippen LogP contribution is -2.22. The number of halogens is 2. The highest BCUT2D eigenvalue weighted by Gasteiger charge is 2.38. The number of benzene rings is 2. The Morgan fingerprint density at radius 1 is 1.04 bits per heavy atom. The topological polar surface area (TPSA) is 87.7 Å². The monoisotopic (exact) mass is 350 g/mol. The highest BCUT2D eigenvalue weighted by atomic mass is 19.1. The number of aromatic nitrogens is 2. The number of hydrogen-bond donors (Lipinski definition) is 2. The van der Waals surface area contributed by atoms with Gasteiger partial charge < -0.3 is 10.5 Å². The summed E-state index contributed by atoms with van der Waals surface area (Å²) in [5, 5.41) is 16.5. The summed E-state index contributed by atoms with van der Waals surface area (Å²) in [7, 11) is 0. The van der Waals surface area contributed by atoms with Crippen molar-refractivity contribution in [1.82, 2.24) is 10.2 Å².